The molecule has 0 saturated heterocycles. The van der Waals surface area contributed by atoms with Crippen molar-refractivity contribution in [1.29, 1.82) is 0 Å². The number of amides is 1. The van der Waals surface area contributed by atoms with E-state index in [-0.39, 0.29) is 21.3 Å². The molecule has 6 nitrogen and oxygen atoms in total. The fourth-order valence-electron chi connectivity index (χ4n) is 4.43. The number of hydrogen-bond acceptors (Lipinski definition) is 5. The highest BCUT2D eigenvalue weighted by atomic mass is 35.5. The maximum absolute atomic E-state index is 14.3. The molecule has 1 atom stereocenters. The van der Waals surface area contributed by atoms with Gasteiger partial charge in [0.2, 0.25) is 0 Å². The van der Waals surface area contributed by atoms with Crippen LogP contribution in [0.2, 0.25) is 10.0 Å². The van der Waals surface area contributed by atoms with E-state index in [1.54, 1.807) is 31.2 Å². The van der Waals surface area contributed by atoms with Crippen LogP contribution in [0, 0.1) is 6.92 Å². The van der Waals surface area contributed by atoms with Crippen molar-refractivity contribution >= 4 is 53.1 Å². The minimum atomic E-state index is -4.81. The first-order valence-corrected chi connectivity index (χ1v) is 11.9. The van der Waals surface area contributed by atoms with Gasteiger partial charge >= 0.3 is 13.3 Å². The van der Waals surface area contributed by atoms with E-state index in [0.717, 1.165) is 17.7 Å². The summed E-state index contributed by atoms with van der Waals surface area (Å²) in [7, 11) is -1.05. The minimum Gasteiger partial charge on any atom is -0.423 e. The van der Waals surface area contributed by atoms with Crippen molar-refractivity contribution in [2.24, 2.45) is 5.16 Å². The number of rotatable bonds is 4. The molecule has 2 aliphatic heterocycles. The molecule has 12 heteroatoms. The van der Waals surface area contributed by atoms with E-state index in [0.29, 0.717) is 34.4 Å². The second-order valence-corrected chi connectivity index (χ2v) is 9.72. The van der Waals surface area contributed by atoms with Crippen LogP contribution in [0.4, 0.5) is 18.9 Å². The van der Waals surface area contributed by atoms with E-state index < -0.39 is 31.2 Å². The molecule has 0 radical (unpaired) electrons. The predicted octanol–water partition coefficient (Wildman–Crippen LogP) is 5.35. The van der Waals surface area contributed by atoms with Crippen molar-refractivity contribution < 1.29 is 32.5 Å². The van der Waals surface area contributed by atoms with E-state index >= 15 is 0 Å². The van der Waals surface area contributed by atoms with Gasteiger partial charge in [0.25, 0.3) is 11.5 Å². The number of nitrogens with zero attached hydrogens (tertiary/aromatic N) is 1. The molecule has 0 aromatic heterocycles. The molecular formula is C25H18BCl2F3N2O4. The number of carbonyl (C=O) groups excluding carboxylic acids is 1. The van der Waals surface area contributed by atoms with Crippen molar-refractivity contribution in [2.45, 2.75) is 31.7 Å². The van der Waals surface area contributed by atoms with E-state index in [2.05, 4.69) is 10.5 Å². The summed E-state index contributed by atoms with van der Waals surface area (Å²) in [5, 5.41) is 16.5. The third-order valence-electron chi connectivity index (χ3n) is 6.39. The summed E-state index contributed by atoms with van der Waals surface area (Å²) in [6.07, 6.45) is -5.41. The first kappa shape index (κ1) is 25.6. The lowest BCUT2D eigenvalue weighted by molar-refractivity contribution is -0.275. The first-order valence-electron chi connectivity index (χ1n) is 11.1. The largest absolute Gasteiger partial charge is 0.491 e. The molecule has 2 aliphatic rings. The van der Waals surface area contributed by atoms with Crippen LogP contribution >= 0.6 is 23.2 Å². The lowest BCUT2D eigenvalue weighted by atomic mass is 9.79. The smallest absolute Gasteiger partial charge is 0.423 e. The summed E-state index contributed by atoms with van der Waals surface area (Å²) in [5.74, 6) is -0.416. The zero-order valence-electron chi connectivity index (χ0n) is 19.2. The highest BCUT2D eigenvalue weighted by Gasteiger charge is 2.62. The van der Waals surface area contributed by atoms with E-state index in [1.807, 2.05) is 0 Å². The van der Waals surface area contributed by atoms with Crippen LogP contribution in [0.25, 0.3) is 0 Å². The van der Waals surface area contributed by atoms with Crippen LogP contribution < -0.4 is 10.8 Å². The monoisotopic (exact) mass is 548 g/mol. The molecule has 3 aromatic carbocycles. The van der Waals surface area contributed by atoms with Crippen LogP contribution in [0.15, 0.2) is 59.8 Å². The summed E-state index contributed by atoms with van der Waals surface area (Å²) >= 11 is 11.9. The Bertz CT molecular complexity index is 1430. The molecule has 0 saturated carbocycles. The highest BCUT2D eigenvalue weighted by Crippen LogP contribution is 2.49. The fraction of sp³-hybridized carbons (Fsp3) is 0.200. The number of alkyl halides is 3. The SMILES string of the molecule is Cc1cc(C2=NOC(c3cc(Cl)cc(Cl)c3)(C(F)(F)F)C2)ccc1C(=O)Nc1ccc2c(c1)B(O)OC2. The van der Waals surface area contributed by atoms with Gasteiger partial charge in [-0.3, -0.25) is 4.79 Å². The maximum atomic E-state index is 14.3. The molecule has 3 aromatic rings. The van der Waals surface area contributed by atoms with Gasteiger partial charge in [0.1, 0.15) is 0 Å². The van der Waals surface area contributed by atoms with Gasteiger partial charge in [-0.15, -0.1) is 0 Å². The molecular weight excluding hydrogens is 531 g/mol. The van der Waals surface area contributed by atoms with Gasteiger partial charge in [0.15, 0.2) is 0 Å². The Hall–Kier alpha value is -3.05. The molecule has 190 valence electrons. The highest BCUT2D eigenvalue weighted by molar-refractivity contribution is 6.61. The second kappa shape index (κ2) is 9.36. The number of carbonyl (C=O) groups is 1. The van der Waals surface area contributed by atoms with Gasteiger partial charge in [0, 0.05) is 33.3 Å². The van der Waals surface area contributed by atoms with E-state index in [9.17, 15) is 23.0 Å². The number of halogens is 5. The van der Waals surface area contributed by atoms with Gasteiger partial charge in [-0.2, -0.15) is 13.2 Å². The van der Waals surface area contributed by atoms with Crippen molar-refractivity contribution in [3.05, 3.63) is 92.5 Å². The van der Waals surface area contributed by atoms with Gasteiger partial charge in [-0.25, -0.2) is 0 Å². The average molecular weight is 549 g/mol. The van der Waals surface area contributed by atoms with Crippen LogP contribution in [0.1, 0.15) is 39.0 Å². The number of oxime groups is 1. The summed E-state index contributed by atoms with van der Waals surface area (Å²) in [6.45, 7) is 1.96. The number of benzene rings is 3. The van der Waals surface area contributed by atoms with Crippen LogP contribution in [-0.4, -0.2) is 29.9 Å². The van der Waals surface area contributed by atoms with Gasteiger partial charge < -0.3 is 19.8 Å². The predicted molar refractivity (Wildman–Crippen MR) is 134 cm³/mol. The second-order valence-electron chi connectivity index (χ2n) is 8.85. The summed E-state index contributed by atoms with van der Waals surface area (Å²) in [5.41, 5.74) is 0.181. The number of fused-ring (bicyclic) bond motifs is 1. The van der Waals surface area contributed by atoms with Crippen molar-refractivity contribution in [2.75, 3.05) is 5.32 Å². The normalized spacial score (nSPS) is 18.9. The molecule has 1 unspecified atom stereocenters. The van der Waals surface area contributed by atoms with Crippen molar-refractivity contribution in [1.82, 2.24) is 0 Å². The minimum absolute atomic E-state index is 0.0415. The molecule has 5 rings (SSSR count). The summed E-state index contributed by atoms with van der Waals surface area (Å²) in [4.78, 5) is 17.9. The van der Waals surface area contributed by atoms with Gasteiger partial charge in [0.05, 0.1) is 12.3 Å². The molecule has 0 bridgehead atoms. The van der Waals surface area contributed by atoms with Gasteiger partial charge in [-0.1, -0.05) is 40.5 Å². The zero-order valence-corrected chi connectivity index (χ0v) is 20.7. The average Bonchev–Trinajstić information content (AvgIpc) is 3.43. The molecule has 0 fully saturated rings. The van der Waals surface area contributed by atoms with Crippen LogP contribution in [0.5, 0.6) is 0 Å². The lowest BCUT2D eigenvalue weighted by Gasteiger charge is -2.29. The number of nitrogens with one attached hydrogen (secondary N) is 1. The summed E-state index contributed by atoms with van der Waals surface area (Å²) in [6, 6.07) is 13.3. The summed E-state index contributed by atoms with van der Waals surface area (Å²) < 4.78 is 47.9. The van der Waals surface area contributed by atoms with Crippen LogP contribution in [0.3, 0.4) is 0 Å². The molecule has 0 aliphatic carbocycles. The molecule has 1 amide bonds. The molecule has 2 N–H and O–H groups in total. The third kappa shape index (κ3) is 4.70. The Kier molecular flexibility index (Phi) is 6.48. The molecule has 2 heterocycles. The Morgan fingerprint density at radius 1 is 1.11 bits per heavy atom. The van der Waals surface area contributed by atoms with Crippen molar-refractivity contribution in [3.63, 3.8) is 0 Å². The number of anilines is 1. The number of hydrogen-bond donors (Lipinski definition) is 2. The molecule has 0 spiro atoms. The fourth-order valence-corrected chi connectivity index (χ4v) is 4.96. The third-order valence-corrected chi connectivity index (χ3v) is 6.82. The van der Waals surface area contributed by atoms with Crippen molar-refractivity contribution in [3.8, 4) is 0 Å². The van der Waals surface area contributed by atoms with E-state index in [1.165, 1.54) is 18.2 Å². The quantitative estimate of drug-likeness (QED) is 0.430. The Morgan fingerprint density at radius 3 is 2.51 bits per heavy atom. The maximum Gasteiger partial charge on any atom is 0.491 e. The van der Waals surface area contributed by atoms with Gasteiger partial charge in [-0.05, 0) is 71.5 Å². The standard InChI is InChI=1S/C25H18BCl2F3N2O4/c1-13-6-14(3-5-20(13)23(34)32-19-4-2-15-12-36-26(35)21(15)10-19)22-11-24(37-33-22,25(29,30)31)16-7-17(27)9-18(28)8-16/h2-10,35H,11-12H2,1H3,(H,32,34). The first-order chi connectivity index (χ1) is 17.5. The Morgan fingerprint density at radius 2 is 1.84 bits per heavy atom. The Balaban J connectivity index is 1.38. The zero-order chi connectivity index (χ0) is 26.5. The van der Waals surface area contributed by atoms with E-state index in [4.69, 9.17) is 32.7 Å². The number of aryl methyl sites for hydroxylation is 1. The Labute approximate surface area is 220 Å². The van der Waals surface area contributed by atoms with Crippen LogP contribution in [-0.2, 0) is 21.7 Å². The lowest BCUT2D eigenvalue weighted by Crippen LogP contribution is -2.42. The molecule has 37 heavy (non-hydrogen) atoms. The topological polar surface area (TPSA) is 80.2 Å².